The molecule has 1 atom stereocenters. The minimum atomic E-state index is 0.00362. The van der Waals surface area contributed by atoms with Gasteiger partial charge in [-0.3, -0.25) is 9.69 Å². The third-order valence-corrected chi connectivity index (χ3v) is 4.76. The fourth-order valence-electron chi connectivity index (χ4n) is 2.32. The van der Waals surface area contributed by atoms with Crippen LogP contribution < -0.4 is 4.90 Å². The first-order valence-corrected chi connectivity index (χ1v) is 7.83. The summed E-state index contributed by atoms with van der Waals surface area (Å²) in [6.07, 6.45) is 0. The van der Waals surface area contributed by atoms with Crippen LogP contribution in [0.4, 0.5) is 5.69 Å². The van der Waals surface area contributed by atoms with Crippen molar-refractivity contribution >= 4 is 35.0 Å². The highest BCUT2D eigenvalue weighted by Crippen LogP contribution is 2.42. The summed E-state index contributed by atoms with van der Waals surface area (Å²) in [6.45, 7) is 2.04. The molecule has 4 heteroatoms. The van der Waals surface area contributed by atoms with Crippen LogP contribution in [0.1, 0.15) is 16.5 Å². The molecule has 0 bridgehead atoms. The van der Waals surface area contributed by atoms with Gasteiger partial charge in [-0.15, -0.1) is 11.8 Å². The van der Waals surface area contributed by atoms with Crippen LogP contribution in [-0.4, -0.2) is 11.7 Å². The van der Waals surface area contributed by atoms with Crippen molar-refractivity contribution in [2.75, 3.05) is 10.7 Å². The lowest BCUT2D eigenvalue weighted by molar-refractivity contribution is -0.115. The van der Waals surface area contributed by atoms with Gasteiger partial charge in [0.2, 0.25) is 5.91 Å². The molecule has 1 aliphatic rings. The zero-order chi connectivity index (χ0) is 14.1. The lowest BCUT2D eigenvalue weighted by Crippen LogP contribution is -2.27. The Balaban J connectivity index is 1.98. The first-order chi connectivity index (χ1) is 9.65. The Morgan fingerprint density at radius 2 is 1.95 bits per heavy atom. The summed E-state index contributed by atoms with van der Waals surface area (Å²) in [5, 5.41) is 0.704. The van der Waals surface area contributed by atoms with Gasteiger partial charge in [-0.25, -0.2) is 0 Å². The lowest BCUT2D eigenvalue weighted by atomic mass is 10.1. The molecule has 3 rings (SSSR count). The van der Waals surface area contributed by atoms with E-state index < -0.39 is 0 Å². The van der Waals surface area contributed by atoms with E-state index in [2.05, 4.69) is 0 Å². The maximum Gasteiger partial charge on any atom is 0.238 e. The molecule has 1 heterocycles. The standard InChI is InChI=1S/C16H14ClNOS/c1-11-5-7-14(8-6-11)18-15(19)10-20-16(18)12-3-2-4-13(17)9-12/h2-9,16H,10H2,1H3. The molecule has 0 aromatic heterocycles. The largest absolute Gasteiger partial charge is 0.295 e. The Morgan fingerprint density at radius 3 is 2.65 bits per heavy atom. The van der Waals surface area contributed by atoms with Crippen molar-refractivity contribution in [1.82, 2.24) is 0 Å². The highest BCUT2D eigenvalue weighted by Gasteiger charge is 2.33. The second-order valence-electron chi connectivity index (χ2n) is 4.82. The first kappa shape index (κ1) is 13.5. The predicted molar refractivity (Wildman–Crippen MR) is 85.3 cm³/mol. The first-order valence-electron chi connectivity index (χ1n) is 6.41. The number of halogens is 1. The quantitative estimate of drug-likeness (QED) is 0.818. The summed E-state index contributed by atoms with van der Waals surface area (Å²) in [5.74, 6) is 0.647. The molecule has 0 aliphatic carbocycles. The zero-order valence-electron chi connectivity index (χ0n) is 11.0. The number of amides is 1. The van der Waals surface area contributed by atoms with Gasteiger partial charge in [0, 0.05) is 10.7 Å². The van der Waals surface area contributed by atoms with E-state index in [9.17, 15) is 4.79 Å². The van der Waals surface area contributed by atoms with Crippen LogP contribution in [0.25, 0.3) is 0 Å². The van der Waals surface area contributed by atoms with E-state index >= 15 is 0 Å². The van der Waals surface area contributed by atoms with Crippen molar-refractivity contribution in [3.63, 3.8) is 0 Å². The van der Waals surface area contributed by atoms with Gasteiger partial charge in [0.05, 0.1) is 5.75 Å². The molecule has 1 fully saturated rings. The molecule has 20 heavy (non-hydrogen) atoms. The number of anilines is 1. The molecule has 0 N–H and O–H groups in total. The summed E-state index contributed by atoms with van der Waals surface area (Å²) in [4.78, 5) is 14.1. The number of carbonyl (C=O) groups is 1. The van der Waals surface area contributed by atoms with Gasteiger partial charge in [0.25, 0.3) is 0 Å². The third kappa shape index (κ3) is 2.56. The van der Waals surface area contributed by atoms with Gasteiger partial charge in [0.1, 0.15) is 5.37 Å². The number of aryl methyl sites for hydroxylation is 1. The molecule has 2 nitrogen and oxygen atoms in total. The number of thioether (sulfide) groups is 1. The minimum Gasteiger partial charge on any atom is -0.295 e. The van der Waals surface area contributed by atoms with Gasteiger partial charge in [0.15, 0.2) is 0 Å². The Morgan fingerprint density at radius 1 is 1.20 bits per heavy atom. The fourth-order valence-corrected chi connectivity index (χ4v) is 3.68. The highest BCUT2D eigenvalue weighted by atomic mass is 35.5. The van der Waals surface area contributed by atoms with Crippen molar-refractivity contribution in [3.05, 3.63) is 64.7 Å². The van der Waals surface area contributed by atoms with E-state index in [0.717, 1.165) is 11.3 Å². The molecule has 102 valence electrons. The van der Waals surface area contributed by atoms with Gasteiger partial charge in [-0.2, -0.15) is 0 Å². The molecule has 0 saturated carbocycles. The van der Waals surface area contributed by atoms with Crippen molar-refractivity contribution < 1.29 is 4.79 Å². The molecule has 0 spiro atoms. The van der Waals surface area contributed by atoms with Gasteiger partial charge >= 0.3 is 0 Å². The molecule has 1 aliphatic heterocycles. The second kappa shape index (κ2) is 5.51. The van der Waals surface area contributed by atoms with Crippen LogP contribution in [0.15, 0.2) is 48.5 Å². The number of carbonyl (C=O) groups excluding carboxylic acids is 1. The molecule has 2 aromatic rings. The summed E-state index contributed by atoms with van der Waals surface area (Å²) in [6, 6.07) is 15.8. The molecular weight excluding hydrogens is 290 g/mol. The highest BCUT2D eigenvalue weighted by molar-refractivity contribution is 8.00. The monoisotopic (exact) mass is 303 g/mol. The summed E-state index contributed by atoms with van der Waals surface area (Å²) < 4.78 is 0. The Bertz CT molecular complexity index is 641. The van der Waals surface area contributed by atoms with E-state index in [1.165, 1.54) is 5.56 Å². The minimum absolute atomic E-state index is 0.00362. The summed E-state index contributed by atoms with van der Waals surface area (Å²) in [7, 11) is 0. The third-order valence-electron chi connectivity index (χ3n) is 3.31. The van der Waals surface area contributed by atoms with Crippen LogP contribution in [0.5, 0.6) is 0 Å². The van der Waals surface area contributed by atoms with Crippen LogP contribution >= 0.6 is 23.4 Å². The van der Waals surface area contributed by atoms with Crippen LogP contribution in [0, 0.1) is 6.92 Å². The van der Waals surface area contributed by atoms with Crippen molar-refractivity contribution in [2.24, 2.45) is 0 Å². The van der Waals surface area contributed by atoms with Crippen molar-refractivity contribution in [3.8, 4) is 0 Å². The SMILES string of the molecule is Cc1ccc(N2C(=O)CSC2c2cccc(Cl)c2)cc1. The van der Waals surface area contributed by atoms with Crippen LogP contribution in [-0.2, 0) is 4.79 Å². The Labute approximate surface area is 127 Å². The number of hydrogen-bond donors (Lipinski definition) is 0. The molecule has 1 amide bonds. The maximum atomic E-state index is 12.2. The number of rotatable bonds is 2. The summed E-state index contributed by atoms with van der Waals surface area (Å²) >= 11 is 7.70. The zero-order valence-corrected chi connectivity index (χ0v) is 12.6. The average molecular weight is 304 g/mol. The fraction of sp³-hybridized carbons (Fsp3) is 0.188. The maximum absolute atomic E-state index is 12.2. The van der Waals surface area contributed by atoms with E-state index in [1.807, 2.05) is 60.4 Å². The van der Waals surface area contributed by atoms with Gasteiger partial charge in [-0.05, 0) is 36.8 Å². The number of nitrogens with zero attached hydrogens (tertiary/aromatic N) is 1. The molecule has 1 unspecified atom stereocenters. The molecule has 1 saturated heterocycles. The Kier molecular flexibility index (Phi) is 3.72. The van der Waals surface area contributed by atoms with E-state index in [1.54, 1.807) is 11.8 Å². The van der Waals surface area contributed by atoms with E-state index in [-0.39, 0.29) is 11.3 Å². The smallest absolute Gasteiger partial charge is 0.238 e. The van der Waals surface area contributed by atoms with Crippen LogP contribution in [0.2, 0.25) is 5.02 Å². The number of hydrogen-bond acceptors (Lipinski definition) is 2. The van der Waals surface area contributed by atoms with Gasteiger partial charge in [-0.1, -0.05) is 41.4 Å². The van der Waals surface area contributed by atoms with Gasteiger partial charge < -0.3 is 0 Å². The number of benzene rings is 2. The van der Waals surface area contributed by atoms with Crippen LogP contribution in [0.3, 0.4) is 0 Å². The summed E-state index contributed by atoms with van der Waals surface area (Å²) in [5.41, 5.74) is 3.19. The lowest BCUT2D eigenvalue weighted by Gasteiger charge is -2.24. The van der Waals surface area contributed by atoms with E-state index in [4.69, 9.17) is 11.6 Å². The molecule has 0 radical (unpaired) electrons. The average Bonchev–Trinajstić information content (AvgIpc) is 2.82. The normalized spacial score (nSPS) is 18.6. The Hall–Kier alpha value is -1.45. The predicted octanol–water partition coefficient (Wildman–Crippen LogP) is 4.43. The van der Waals surface area contributed by atoms with Crippen molar-refractivity contribution in [2.45, 2.75) is 12.3 Å². The topological polar surface area (TPSA) is 20.3 Å². The van der Waals surface area contributed by atoms with E-state index in [0.29, 0.717) is 10.8 Å². The van der Waals surface area contributed by atoms with Crippen molar-refractivity contribution in [1.29, 1.82) is 0 Å². The molecular formula is C16H14ClNOS. The molecule has 2 aromatic carbocycles. The second-order valence-corrected chi connectivity index (χ2v) is 6.32.